The molecule has 3 rings (SSSR count). The van der Waals surface area contributed by atoms with E-state index in [1.165, 1.54) is 6.07 Å². The van der Waals surface area contributed by atoms with Crippen molar-refractivity contribution < 1.29 is 8.42 Å². The van der Waals surface area contributed by atoms with Gasteiger partial charge in [-0.3, -0.25) is 15.0 Å². The van der Waals surface area contributed by atoms with Gasteiger partial charge in [0.25, 0.3) is 5.56 Å². The molecule has 0 spiro atoms. The van der Waals surface area contributed by atoms with Crippen molar-refractivity contribution in [1.29, 1.82) is 0 Å². The monoisotopic (exact) mass is 307 g/mol. The minimum Gasteiger partial charge on any atom is -0.381 e. The zero-order valence-electron chi connectivity index (χ0n) is 11.4. The maximum absolute atomic E-state index is 11.6. The molecule has 2 aromatic rings. The molecular weight excluding hydrogens is 290 g/mol. The molecule has 2 heterocycles. The molecule has 1 aliphatic rings. The molecule has 0 aliphatic carbocycles. The van der Waals surface area contributed by atoms with Crippen LogP contribution in [0.15, 0.2) is 35.1 Å². The number of H-pyrrole nitrogens is 2. The summed E-state index contributed by atoms with van der Waals surface area (Å²) >= 11 is 0. The quantitative estimate of drug-likeness (QED) is 0.798. The van der Waals surface area contributed by atoms with Crippen molar-refractivity contribution in [2.75, 3.05) is 16.8 Å². The Morgan fingerprint density at radius 1 is 1.14 bits per heavy atom. The molecule has 7 heteroatoms. The maximum atomic E-state index is 11.6. The van der Waals surface area contributed by atoms with Crippen LogP contribution in [0.5, 0.6) is 0 Å². The minimum atomic E-state index is -2.91. The summed E-state index contributed by atoms with van der Waals surface area (Å²) in [6, 6.07) is 9.03. The largest absolute Gasteiger partial charge is 0.381 e. The van der Waals surface area contributed by atoms with Gasteiger partial charge in [-0.05, 0) is 30.5 Å². The van der Waals surface area contributed by atoms with Gasteiger partial charge in [0.1, 0.15) is 0 Å². The summed E-state index contributed by atoms with van der Waals surface area (Å²) in [5, 5.41) is 8.55. The molecule has 0 radical (unpaired) electrons. The predicted molar refractivity (Wildman–Crippen MR) is 82.1 cm³/mol. The number of aromatic nitrogens is 2. The van der Waals surface area contributed by atoms with E-state index in [1.54, 1.807) is 0 Å². The van der Waals surface area contributed by atoms with Gasteiger partial charge in [0, 0.05) is 17.8 Å². The molecule has 21 heavy (non-hydrogen) atoms. The number of rotatable bonds is 3. The summed E-state index contributed by atoms with van der Waals surface area (Å²) in [4.78, 5) is 11.1. The highest BCUT2D eigenvalue weighted by atomic mass is 32.2. The van der Waals surface area contributed by atoms with Gasteiger partial charge in [-0.2, -0.15) is 0 Å². The second-order valence-electron chi connectivity index (χ2n) is 5.35. The molecule has 1 unspecified atom stereocenters. The van der Waals surface area contributed by atoms with Crippen LogP contribution >= 0.6 is 0 Å². The fraction of sp³-hybridized carbons (Fsp3) is 0.357. The van der Waals surface area contributed by atoms with Crippen molar-refractivity contribution >= 4 is 15.5 Å². The van der Waals surface area contributed by atoms with Crippen LogP contribution in [0.2, 0.25) is 0 Å². The number of anilines is 1. The number of hydrogen-bond donors (Lipinski definition) is 3. The lowest BCUT2D eigenvalue weighted by Crippen LogP contribution is -2.34. The summed E-state index contributed by atoms with van der Waals surface area (Å²) < 4.78 is 23.2. The summed E-state index contributed by atoms with van der Waals surface area (Å²) in [6.07, 6.45) is 1.58. The highest BCUT2D eigenvalue weighted by Crippen LogP contribution is 2.21. The predicted octanol–water partition coefficient (Wildman–Crippen LogP) is 1.36. The highest BCUT2D eigenvalue weighted by molar-refractivity contribution is 7.91. The maximum Gasteiger partial charge on any atom is 0.264 e. The van der Waals surface area contributed by atoms with Crippen LogP contribution in [0.4, 0.5) is 5.69 Å². The van der Waals surface area contributed by atoms with E-state index in [4.69, 9.17) is 0 Å². The molecule has 1 atom stereocenters. The fourth-order valence-corrected chi connectivity index (χ4v) is 4.24. The Kier molecular flexibility index (Phi) is 3.59. The van der Waals surface area contributed by atoms with E-state index in [2.05, 4.69) is 15.5 Å². The fourth-order valence-electron chi connectivity index (χ4n) is 2.61. The normalized spacial score (nSPS) is 21.0. The topological polar surface area (TPSA) is 94.8 Å². The van der Waals surface area contributed by atoms with Crippen LogP contribution in [-0.2, 0) is 9.84 Å². The van der Waals surface area contributed by atoms with Crippen molar-refractivity contribution in [3.05, 3.63) is 40.7 Å². The second-order valence-corrected chi connectivity index (χ2v) is 7.58. The number of hydrogen-bond acceptors (Lipinski definition) is 4. The average Bonchev–Trinajstić information content (AvgIpc) is 2.85. The van der Waals surface area contributed by atoms with E-state index in [1.807, 2.05) is 24.3 Å². The summed E-state index contributed by atoms with van der Waals surface area (Å²) in [5.41, 5.74) is 2.35. The van der Waals surface area contributed by atoms with E-state index in [0.29, 0.717) is 12.2 Å². The number of nitrogens with one attached hydrogen (secondary N) is 3. The minimum absolute atomic E-state index is 0.0262. The third-order valence-electron chi connectivity index (χ3n) is 3.63. The smallest absolute Gasteiger partial charge is 0.264 e. The van der Waals surface area contributed by atoms with E-state index in [9.17, 15) is 13.2 Å². The van der Waals surface area contributed by atoms with Crippen molar-refractivity contribution in [2.45, 2.75) is 18.9 Å². The van der Waals surface area contributed by atoms with Gasteiger partial charge in [-0.1, -0.05) is 12.1 Å². The number of aromatic amines is 2. The summed E-state index contributed by atoms with van der Waals surface area (Å²) in [5.74, 6) is 0.491. The first kappa shape index (κ1) is 13.9. The number of benzene rings is 1. The van der Waals surface area contributed by atoms with Crippen molar-refractivity contribution in [1.82, 2.24) is 10.2 Å². The van der Waals surface area contributed by atoms with Gasteiger partial charge >= 0.3 is 0 Å². The van der Waals surface area contributed by atoms with E-state index in [0.717, 1.165) is 23.4 Å². The zero-order valence-corrected chi connectivity index (χ0v) is 12.2. The molecule has 0 bridgehead atoms. The van der Waals surface area contributed by atoms with Gasteiger partial charge in [-0.25, -0.2) is 8.42 Å². The number of sulfone groups is 1. The first-order valence-corrected chi connectivity index (χ1v) is 8.69. The molecule has 1 aromatic heterocycles. The summed E-state index contributed by atoms with van der Waals surface area (Å²) in [7, 11) is -2.91. The molecule has 0 saturated carbocycles. The zero-order chi connectivity index (χ0) is 14.9. The van der Waals surface area contributed by atoms with Crippen LogP contribution < -0.4 is 10.9 Å². The van der Waals surface area contributed by atoms with Crippen molar-refractivity contribution in [3.8, 4) is 11.3 Å². The van der Waals surface area contributed by atoms with Gasteiger partial charge in [0.2, 0.25) is 0 Å². The highest BCUT2D eigenvalue weighted by Gasteiger charge is 2.24. The lowest BCUT2D eigenvalue weighted by molar-refractivity contribution is 0.562. The van der Waals surface area contributed by atoms with E-state index < -0.39 is 9.84 Å². The Labute approximate surface area is 122 Å². The van der Waals surface area contributed by atoms with Gasteiger partial charge in [0.15, 0.2) is 9.84 Å². The molecule has 3 N–H and O–H groups in total. The second kappa shape index (κ2) is 5.40. The van der Waals surface area contributed by atoms with Crippen LogP contribution in [0.25, 0.3) is 11.3 Å². The molecule has 1 aliphatic heterocycles. The molecule has 1 fully saturated rings. The molecular formula is C14H17N3O3S. The third kappa shape index (κ3) is 3.36. The van der Waals surface area contributed by atoms with E-state index in [-0.39, 0.29) is 17.4 Å². The van der Waals surface area contributed by atoms with Crippen LogP contribution in [-0.4, -0.2) is 36.2 Å². The molecule has 1 saturated heterocycles. The average molecular weight is 307 g/mol. The molecule has 6 nitrogen and oxygen atoms in total. The lowest BCUT2D eigenvalue weighted by atomic mass is 10.1. The molecule has 112 valence electrons. The molecule has 0 amide bonds. The van der Waals surface area contributed by atoms with Crippen LogP contribution in [0, 0.1) is 0 Å². The van der Waals surface area contributed by atoms with Crippen LogP contribution in [0.3, 0.4) is 0 Å². The van der Waals surface area contributed by atoms with Crippen molar-refractivity contribution in [3.63, 3.8) is 0 Å². The first-order valence-electron chi connectivity index (χ1n) is 6.87. The Hall–Kier alpha value is -2.02. The Morgan fingerprint density at radius 2 is 1.90 bits per heavy atom. The molecule has 1 aromatic carbocycles. The standard InChI is InChI=1S/C14H17N3O3S/c18-14-8-13(16-17-14)10-3-5-11(6-4-10)15-12-2-1-7-21(19,20)9-12/h3-6,8,12,15H,1-2,7,9H2,(H2,16,17,18). The van der Waals surface area contributed by atoms with Gasteiger partial charge in [-0.15, -0.1) is 0 Å². The summed E-state index contributed by atoms with van der Waals surface area (Å²) in [6.45, 7) is 0. The van der Waals surface area contributed by atoms with Gasteiger partial charge < -0.3 is 5.32 Å². The van der Waals surface area contributed by atoms with Gasteiger partial charge in [0.05, 0.1) is 17.2 Å². The third-order valence-corrected chi connectivity index (χ3v) is 5.45. The first-order chi connectivity index (χ1) is 10.0. The van der Waals surface area contributed by atoms with E-state index >= 15 is 0 Å². The van der Waals surface area contributed by atoms with Crippen molar-refractivity contribution in [2.24, 2.45) is 0 Å². The Morgan fingerprint density at radius 3 is 2.52 bits per heavy atom. The Bertz CT molecular complexity index is 774. The van der Waals surface area contributed by atoms with Crippen LogP contribution in [0.1, 0.15) is 12.8 Å². The lowest BCUT2D eigenvalue weighted by Gasteiger charge is -2.24. The SMILES string of the molecule is O=c1cc(-c2ccc(NC3CCCS(=O)(=O)C3)cc2)[nH][nH]1. The Balaban J connectivity index is 1.71.